The summed E-state index contributed by atoms with van der Waals surface area (Å²) in [6, 6.07) is 8.04. The van der Waals surface area contributed by atoms with E-state index < -0.39 is 0 Å². The second kappa shape index (κ2) is 5.01. The lowest BCUT2D eigenvalue weighted by Gasteiger charge is -2.25. The van der Waals surface area contributed by atoms with Crippen molar-refractivity contribution in [2.45, 2.75) is 6.42 Å². The van der Waals surface area contributed by atoms with Gasteiger partial charge in [0, 0.05) is 12.2 Å². The van der Waals surface area contributed by atoms with Gasteiger partial charge in [0.2, 0.25) is 0 Å². The lowest BCUT2D eigenvalue weighted by Crippen LogP contribution is -3.16. The van der Waals surface area contributed by atoms with Gasteiger partial charge in [-0.15, -0.1) is 0 Å². The van der Waals surface area contributed by atoms with Crippen molar-refractivity contribution in [1.82, 2.24) is 5.32 Å². The zero-order chi connectivity index (χ0) is 13.2. The minimum Gasteiger partial charge on any atom is -0.346 e. The normalized spacial score (nSPS) is 22.0. The fraction of sp³-hybridized carbons (Fsp3) is 0.429. The van der Waals surface area contributed by atoms with Gasteiger partial charge in [-0.25, -0.2) is 0 Å². The number of hydrogen-bond donors (Lipinski definition) is 2. The number of piperazine rings is 1. The largest absolute Gasteiger partial charge is 0.346 e. The van der Waals surface area contributed by atoms with Gasteiger partial charge in [0.15, 0.2) is 13.1 Å². The number of amides is 2. The Morgan fingerprint density at radius 2 is 2.21 bits per heavy atom. The fourth-order valence-electron chi connectivity index (χ4n) is 2.81. The van der Waals surface area contributed by atoms with Crippen LogP contribution in [0.1, 0.15) is 5.56 Å². The van der Waals surface area contributed by atoms with Crippen molar-refractivity contribution in [3.05, 3.63) is 29.8 Å². The van der Waals surface area contributed by atoms with Crippen LogP contribution in [0.3, 0.4) is 0 Å². The first kappa shape index (κ1) is 12.2. The van der Waals surface area contributed by atoms with E-state index in [-0.39, 0.29) is 11.8 Å². The van der Waals surface area contributed by atoms with Gasteiger partial charge in [0.05, 0.1) is 13.1 Å². The molecule has 2 aliphatic rings. The molecule has 0 saturated carbocycles. The molecule has 2 N–H and O–H groups in total. The van der Waals surface area contributed by atoms with Crippen molar-refractivity contribution >= 4 is 17.5 Å². The van der Waals surface area contributed by atoms with Crippen molar-refractivity contribution in [2.24, 2.45) is 0 Å². The molecule has 0 bridgehead atoms. The SMILES string of the molecule is O=C1C[NH+](CC(=O)N2CCc3ccccc32)CCN1. The van der Waals surface area contributed by atoms with Crippen LogP contribution in [0.15, 0.2) is 24.3 Å². The summed E-state index contributed by atoms with van der Waals surface area (Å²) >= 11 is 0. The number of quaternary nitrogens is 1. The van der Waals surface area contributed by atoms with Crippen molar-refractivity contribution in [2.75, 3.05) is 37.6 Å². The molecule has 19 heavy (non-hydrogen) atoms. The standard InChI is InChI=1S/C14H17N3O2/c18-13-9-16(8-6-15-13)10-14(19)17-7-5-11-3-1-2-4-12(11)17/h1-4H,5-10H2,(H,15,18)/p+1. The molecule has 1 aromatic carbocycles. The third kappa shape index (κ3) is 2.46. The quantitative estimate of drug-likeness (QED) is 0.686. The number of benzene rings is 1. The summed E-state index contributed by atoms with van der Waals surface area (Å²) in [6.45, 7) is 3.06. The highest BCUT2D eigenvalue weighted by atomic mass is 16.2. The predicted molar refractivity (Wildman–Crippen MR) is 71.1 cm³/mol. The summed E-state index contributed by atoms with van der Waals surface area (Å²) in [7, 11) is 0. The lowest BCUT2D eigenvalue weighted by atomic mass is 10.2. The van der Waals surface area contributed by atoms with Crippen LogP contribution < -0.4 is 15.1 Å². The molecule has 1 fully saturated rings. The Morgan fingerprint density at radius 3 is 3.05 bits per heavy atom. The molecule has 0 radical (unpaired) electrons. The molecule has 2 aliphatic heterocycles. The average molecular weight is 260 g/mol. The van der Waals surface area contributed by atoms with Crippen LogP contribution in [0.25, 0.3) is 0 Å². The number of nitrogens with one attached hydrogen (secondary N) is 2. The van der Waals surface area contributed by atoms with Gasteiger partial charge in [0.1, 0.15) is 0 Å². The van der Waals surface area contributed by atoms with Crippen molar-refractivity contribution < 1.29 is 14.5 Å². The van der Waals surface area contributed by atoms with E-state index in [4.69, 9.17) is 0 Å². The van der Waals surface area contributed by atoms with Crippen LogP contribution >= 0.6 is 0 Å². The summed E-state index contributed by atoms with van der Waals surface area (Å²) in [5.74, 6) is 0.158. The maximum absolute atomic E-state index is 12.4. The van der Waals surface area contributed by atoms with Gasteiger partial charge in [-0.05, 0) is 18.1 Å². The van der Waals surface area contributed by atoms with E-state index in [1.54, 1.807) is 0 Å². The van der Waals surface area contributed by atoms with Crippen LogP contribution in [0.5, 0.6) is 0 Å². The van der Waals surface area contributed by atoms with Crippen molar-refractivity contribution in [3.8, 4) is 0 Å². The molecule has 0 aliphatic carbocycles. The van der Waals surface area contributed by atoms with E-state index in [9.17, 15) is 9.59 Å². The monoisotopic (exact) mass is 260 g/mol. The first-order chi connectivity index (χ1) is 9.24. The van der Waals surface area contributed by atoms with E-state index in [0.717, 1.165) is 30.1 Å². The second-order valence-corrected chi connectivity index (χ2v) is 5.13. The van der Waals surface area contributed by atoms with Gasteiger partial charge < -0.3 is 15.1 Å². The number of para-hydroxylation sites is 1. The molecule has 2 amide bonds. The van der Waals surface area contributed by atoms with Gasteiger partial charge in [-0.3, -0.25) is 9.59 Å². The Bertz CT molecular complexity index is 515. The molecular formula is C14H18N3O2+. The first-order valence-corrected chi connectivity index (χ1v) is 6.72. The summed E-state index contributed by atoms with van der Waals surface area (Å²) in [4.78, 5) is 26.6. The molecule has 3 rings (SSSR count). The zero-order valence-electron chi connectivity index (χ0n) is 10.8. The topological polar surface area (TPSA) is 53.9 Å². The van der Waals surface area contributed by atoms with E-state index >= 15 is 0 Å². The molecule has 0 spiro atoms. The molecule has 5 heteroatoms. The van der Waals surface area contributed by atoms with Crippen LogP contribution in [0, 0.1) is 0 Å². The molecule has 1 unspecified atom stereocenters. The summed E-state index contributed by atoms with van der Waals surface area (Å²) in [6.07, 6.45) is 0.928. The van der Waals surface area contributed by atoms with Crippen LogP contribution in [-0.2, 0) is 16.0 Å². The van der Waals surface area contributed by atoms with Crippen molar-refractivity contribution in [3.63, 3.8) is 0 Å². The highest BCUT2D eigenvalue weighted by molar-refractivity contribution is 5.96. The molecule has 2 heterocycles. The third-order valence-electron chi connectivity index (χ3n) is 3.80. The Morgan fingerprint density at radius 1 is 1.37 bits per heavy atom. The van der Waals surface area contributed by atoms with E-state index in [1.165, 1.54) is 5.56 Å². The predicted octanol–water partition coefficient (Wildman–Crippen LogP) is -1.41. The summed E-state index contributed by atoms with van der Waals surface area (Å²) in [5, 5.41) is 2.79. The smallest absolute Gasteiger partial charge is 0.282 e. The highest BCUT2D eigenvalue weighted by Crippen LogP contribution is 2.26. The van der Waals surface area contributed by atoms with E-state index in [0.29, 0.717) is 19.6 Å². The molecule has 5 nitrogen and oxygen atoms in total. The van der Waals surface area contributed by atoms with Gasteiger partial charge >= 0.3 is 0 Å². The molecule has 1 aromatic rings. The Balaban J connectivity index is 1.67. The molecule has 0 aromatic heterocycles. The third-order valence-corrected chi connectivity index (χ3v) is 3.80. The lowest BCUT2D eigenvalue weighted by molar-refractivity contribution is -0.885. The van der Waals surface area contributed by atoms with Gasteiger partial charge in [-0.2, -0.15) is 0 Å². The number of rotatable bonds is 2. The maximum Gasteiger partial charge on any atom is 0.282 e. The van der Waals surface area contributed by atoms with Crippen LogP contribution in [0.4, 0.5) is 5.69 Å². The number of carbonyl (C=O) groups excluding carboxylic acids is 2. The summed E-state index contributed by atoms with van der Waals surface area (Å²) < 4.78 is 0. The average Bonchev–Trinajstić information content (AvgIpc) is 2.82. The van der Waals surface area contributed by atoms with Gasteiger partial charge in [0.25, 0.3) is 11.8 Å². The van der Waals surface area contributed by atoms with E-state index in [2.05, 4.69) is 11.4 Å². The molecule has 100 valence electrons. The number of hydrogen-bond acceptors (Lipinski definition) is 2. The van der Waals surface area contributed by atoms with Crippen molar-refractivity contribution in [1.29, 1.82) is 0 Å². The van der Waals surface area contributed by atoms with Crippen LogP contribution in [0.2, 0.25) is 0 Å². The Hall–Kier alpha value is -1.88. The maximum atomic E-state index is 12.4. The summed E-state index contributed by atoms with van der Waals surface area (Å²) in [5.41, 5.74) is 2.27. The van der Waals surface area contributed by atoms with Gasteiger partial charge in [-0.1, -0.05) is 18.2 Å². The second-order valence-electron chi connectivity index (χ2n) is 5.13. The molecule has 1 atom stereocenters. The highest BCUT2D eigenvalue weighted by Gasteiger charge is 2.29. The minimum atomic E-state index is 0.0378. The number of fused-ring (bicyclic) bond motifs is 1. The Labute approximate surface area is 112 Å². The molecule has 1 saturated heterocycles. The van der Waals surface area contributed by atoms with Crippen LogP contribution in [-0.4, -0.2) is 44.5 Å². The molecular weight excluding hydrogens is 242 g/mol. The van der Waals surface area contributed by atoms with E-state index in [1.807, 2.05) is 23.1 Å². The fourth-order valence-corrected chi connectivity index (χ4v) is 2.81. The number of anilines is 1. The minimum absolute atomic E-state index is 0.0378. The number of carbonyl (C=O) groups is 2. The zero-order valence-corrected chi connectivity index (χ0v) is 10.8. The number of nitrogens with zero attached hydrogens (tertiary/aromatic N) is 1. The Kier molecular flexibility index (Phi) is 3.21. The first-order valence-electron chi connectivity index (χ1n) is 6.72.